The number of nitrogens with two attached hydrogens (primary N) is 1. The number of likely N-dealkylation sites (tertiary alicyclic amines) is 1. The lowest BCUT2D eigenvalue weighted by Crippen LogP contribution is -2.26. The van der Waals surface area contributed by atoms with Crippen molar-refractivity contribution in [3.8, 4) is 11.5 Å². The maximum atomic E-state index is 5.88. The molecular formula is C13H15BrN4O. The first-order chi connectivity index (χ1) is 9.22. The summed E-state index contributed by atoms with van der Waals surface area (Å²) in [7, 11) is 0. The zero-order chi connectivity index (χ0) is 13.2. The highest BCUT2D eigenvalue weighted by Crippen LogP contribution is 2.27. The highest BCUT2D eigenvalue weighted by atomic mass is 79.9. The molecule has 1 aliphatic rings. The second kappa shape index (κ2) is 5.40. The lowest BCUT2D eigenvalue weighted by atomic mass is 10.2. The van der Waals surface area contributed by atoms with Crippen LogP contribution in [0.5, 0.6) is 0 Å². The highest BCUT2D eigenvalue weighted by Gasteiger charge is 2.21. The van der Waals surface area contributed by atoms with Gasteiger partial charge in [0.1, 0.15) is 0 Å². The van der Waals surface area contributed by atoms with Gasteiger partial charge in [-0.2, -0.15) is 0 Å². The molecule has 3 rings (SSSR count). The molecule has 0 bridgehead atoms. The summed E-state index contributed by atoms with van der Waals surface area (Å²) in [4.78, 5) is 2.24. The molecule has 0 spiro atoms. The van der Waals surface area contributed by atoms with Crippen molar-refractivity contribution in [2.24, 2.45) is 5.73 Å². The smallest absolute Gasteiger partial charge is 0.248 e. The van der Waals surface area contributed by atoms with Gasteiger partial charge in [0.05, 0.1) is 12.1 Å². The van der Waals surface area contributed by atoms with Crippen LogP contribution in [-0.2, 0) is 6.54 Å². The van der Waals surface area contributed by atoms with E-state index >= 15 is 0 Å². The zero-order valence-electron chi connectivity index (χ0n) is 10.4. The topological polar surface area (TPSA) is 68.2 Å². The van der Waals surface area contributed by atoms with Gasteiger partial charge in [-0.1, -0.05) is 12.1 Å². The molecule has 1 atom stereocenters. The first-order valence-corrected chi connectivity index (χ1v) is 7.07. The average molecular weight is 323 g/mol. The van der Waals surface area contributed by atoms with E-state index in [-0.39, 0.29) is 6.04 Å². The minimum Gasteiger partial charge on any atom is -0.419 e. The zero-order valence-corrected chi connectivity index (χ0v) is 12.0. The van der Waals surface area contributed by atoms with Crippen LogP contribution >= 0.6 is 15.9 Å². The first kappa shape index (κ1) is 12.8. The van der Waals surface area contributed by atoms with Gasteiger partial charge < -0.3 is 10.2 Å². The van der Waals surface area contributed by atoms with Gasteiger partial charge >= 0.3 is 0 Å². The Labute approximate surface area is 119 Å². The van der Waals surface area contributed by atoms with E-state index in [0.717, 1.165) is 29.5 Å². The van der Waals surface area contributed by atoms with E-state index in [1.807, 2.05) is 24.3 Å². The van der Waals surface area contributed by atoms with Crippen LogP contribution in [0, 0.1) is 0 Å². The van der Waals surface area contributed by atoms with Crippen LogP contribution in [0.4, 0.5) is 0 Å². The first-order valence-electron chi connectivity index (χ1n) is 6.27. The molecule has 1 aliphatic heterocycles. The third-order valence-electron chi connectivity index (χ3n) is 3.24. The van der Waals surface area contributed by atoms with Crippen LogP contribution in [0.3, 0.4) is 0 Å². The Morgan fingerprint density at radius 2 is 2.21 bits per heavy atom. The molecule has 0 aliphatic carbocycles. The average Bonchev–Trinajstić information content (AvgIpc) is 3.00. The SMILES string of the molecule is N[C@H]1CCN(Cc2nnc(-c3ccccc3Br)o2)C1. The van der Waals surface area contributed by atoms with E-state index in [9.17, 15) is 0 Å². The lowest BCUT2D eigenvalue weighted by molar-refractivity contribution is 0.289. The molecule has 5 nitrogen and oxygen atoms in total. The van der Waals surface area contributed by atoms with Gasteiger partial charge in [-0.25, -0.2) is 0 Å². The number of rotatable bonds is 3. The number of nitrogens with zero attached hydrogens (tertiary/aromatic N) is 3. The van der Waals surface area contributed by atoms with Crippen LogP contribution in [0.25, 0.3) is 11.5 Å². The molecule has 19 heavy (non-hydrogen) atoms. The molecule has 2 heterocycles. The van der Waals surface area contributed by atoms with Crippen molar-refractivity contribution in [3.63, 3.8) is 0 Å². The summed E-state index contributed by atoms with van der Waals surface area (Å²) >= 11 is 3.48. The summed E-state index contributed by atoms with van der Waals surface area (Å²) in [6.45, 7) is 2.56. The molecule has 0 saturated carbocycles. The normalized spacial score (nSPS) is 20.0. The van der Waals surface area contributed by atoms with Gasteiger partial charge in [0.2, 0.25) is 11.8 Å². The maximum Gasteiger partial charge on any atom is 0.248 e. The van der Waals surface area contributed by atoms with Crippen molar-refractivity contribution in [2.45, 2.75) is 19.0 Å². The summed E-state index contributed by atoms with van der Waals surface area (Å²) in [6, 6.07) is 8.08. The number of halogens is 1. The summed E-state index contributed by atoms with van der Waals surface area (Å²) in [5.74, 6) is 1.19. The Hall–Kier alpha value is -1.24. The number of aromatic nitrogens is 2. The molecule has 0 amide bonds. The standard InChI is InChI=1S/C13H15BrN4O/c14-11-4-2-1-3-10(11)13-17-16-12(19-13)8-18-6-5-9(15)7-18/h1-4,9H,5-8,15H2/t9-/m0/s1. The summed E-state index contributed by atoms with van der Waals surface area (Å²) in [5.41, 5.74) is 6.80. The lowest BCUT2D eigenvalue weighted by Gasteiger charge is -2.11. The van der Waals surface area contributed by atoms with Gasteiger partial charge in [-0.05, 0) is 34.5 Å². The maximum absolute atomic E-state index is 5.88. The minimum absolute atomic E-state index is 0.269. The van der Waals surface area contributed by atoms with Crippen LogP contribution < -0.4 is 5.73 Å². The molecule has 1 aromatic heterocycles. The second-order valence-corrected chi connectivity index (χ2v) is 5.62. The van der Waals surface area contributed by atoms with Gasteiger partial charge in [0.25, 0.3) is 0 Å². The van der Waals surface area contributed by atoms with Crippen molar-refractivity contribution in [3.05, 3.63) is 34.6 Å². The van der Waals surface area contributed by atoms with Crippen molar-refractivity contribution >= 4 is 15.9 Å². The summed E-state index contributed by atoms with van der Waals surface area (Å²) in [6.07, 6.45) is 1.03. The molecular weight excluding hydrogens is 308 g/mol. The Balaban J connectivity index is 1.75. The van der Waals surface area contributed by atoms with Crippen molar-refractivity contribution in [1.82, 2.24) is 15.1 Å². The third kappa shape index (κ3) is 2.86. The van der Waals surface area contributed by atoms with Crippen molar-refractivity contribution < 1.29 is 4.42 Å². The fraction of sp³-hybridized carbons (Fsp3) is 0.385. The molecule has 1 aromatic carbocycles. The second-order valence-electron chi connectivity index (χ2n) is 4.76. The van der Waals surface area contributed by atoms with E-state index in [4.69, 9.17) is 10.2 Å². The van der Waals surface area contributed by atoms with Crippen LogP contribution in [0.2, 0.25) is 0 Å². The Kier molecular flexibility index (Phi) is 3.63. The fourth-order valence-electron chi connectivity index (χ4n) is 2.26. The molecule has 1 fully saturated rings. The van der Waals surface area contributed by atoms with Crippen molar-refractivity contribution in [1.29, 1.82) is 0 Å². The Morgan fingerprint density at radius 1 is 1.37 bits per heavy atom. The van der Waals surface area contributed by atoms with Gasteiger partial charge in [-0.15, -0.1) is 10.2 Å². The Morgan fingerprint density at radius 3 is 2.95 bits per heavy atom. The molecule has 6 heteroatoms. The van der Waals surface area contributed by atoms with E-state index in [2.05, 4.69) is 31.0 Å². The summed E-state index contributed by atoms with van der Waals surface area (Å²) < 4.78 is 6.67. The van der Waals surface area contributed by atoms with Gasteiger partial charge in [0, 0.05) is 23.6 Å². The summed E-state index contributed by atoms with van der Waals surface area (Å²) in [5, 5.41) is 8.21. The van der Waals surface area contributed by atoms with E-state index in [1.54, 1.807) is 0 Å². The Bertz CT molecular complexity index is 571. The minimum atomic E-state index is 0.269. The van der Waals surface area contributed by atoms with E-state index in [1.165, 1.54) is 0 Å². The quantitative estimate of drug-likeness (QED) is 0.936. The monoisotopic (exact) mass is 322 g/mol. The van der Waals surface area contributed by atoms with E-state index < -0.39 is 0 Å². The molecule has 0 unspecified atom stereocenters. The molecule has 1 saturated heterocycles. The molecule has 2 N–H and O–H groups in total. The molecule has 100 valence electrons. The number of hydrogen-bond acceptors (Lipinski definition) is 5. The van der Waals surface area contributed by atoms with Crippen LogP contribution in [0.15, 0.2) is 33.2 Å². The van der Waals surface area contributed by atoms with Crippen molar-refractivity contribution in [2.75, 3.05) is 13.1 Å². The third-order valence-corrected chi connectivity index (χ3v) is 3.93. The number of hydrogen-bond donors (Lipinski definition) is 1. The molecule has 2 aromatic rings. The highest BCUT2D eigenvalue weighted by molar-refractivity contribution is 9.10. The van der Waals surface area contributed by atoms with Gasteiger partial charge in [-0.3, -0.25) is 4.90 Å². The predicted molar refractivity (Wildman–Crippen MR) is 75.3 cm³/mol. The van der Waals surface area contributed by atoms with Crippen LogP contribution in [-0.4, -0.2) is 34.2 Å². The molecule has 0 radical (unpaired) electrons. The largest absolute Gasteiger partial charge is 0.419 e. The number of benzene rings is 1. The van der Waals surface area contributed by atoms with Gasteiger partial charge in [0.15, 0.2) is 0 Å². The predicted octanol–water partition coefficient (Wildman–Crippen LogP) is 2.03. The fourth-order valence-corrected chi connectivity index (χ4v) is 2.71. The van der Waals surface area contributed by atoms with E-state index in [0.29, 0.717) is 18.3 Å². The van der Waals surface area contributed by atoms with Crippen LogP contribution in [0.1, 0.15) is 12.3 Å².